The Morgan fingerprint density at radius 2 is 1.69 bits per heavy atom. The van der Waals surface area contributed by atoms with Crippen molar-refractivity contribution < 1.29 is 5.11 Å². The summed E-state index contributed by atoms with van der Waals surface area (Å²) in [7, 11) is 0. The molecule has 0 saturated heterocycles. The SMILES string of the molecule is Cc1cc(O)c2c(c1C)=CCCC=2. The van der Waals surface area contributed by atoms with Gasteiger partial charge in [-0.2, -0.15) is 0 Å². The minimum absolute atomic E-state index is 0.425. The van der Waals surface area contributed by atoms with Crippen molar-refractivity contribution in [1.29, 1.82) is 0 Å². The molecular weight excluding hydrogens is 160 g/mol. The van der Waals surface area contributed by atoms with Crippen LogP contribution in [0.1, 0.15) is 24.0 Å². The van der Waals surface area contributed by atoms with Gasteiger partial charge in [0.1, 0.15) is 5.75 Å². The number of benzene rings is 1. The molecule has 0 heterocycles. The van der Waals surface area contributed by atoms with E-state index in [1.165, 1.54) is 16.3 Å². The topological polar surface area (TPSA) is 20.2 Å². The lowest BCUT2D eigenvalue weighted by molar-refractivity contribution is 0.469. The highest BCUT2D eigenvalue weighted by Crippen LogP contribution is 2.09. The normalized spacial score (nSPS) is 14.3. The maximum absolute atomic E-state index is 9.71. The van der Waals surface area contributed by atoms with Gasteiger partial charge in [0.2, 0.25) is 0 Å². The number of hydrogen-bond donors (Lipinski definition) is 1. The molecular formula is C12H14O. The maximum Gasteiger partial charge on any atom is 0.123 e. The van der Waals surface area contributed by atoms with Crippen molar-refractivity contribution in [2.45, 2.75) is 26.7 Å². The Morgan fingerprint density at radius 3 is 2.38 bits per heavy atom. The van der Waals surface area contributed by atoms with E-state index in [9.17, 15) is 5.11 Å². The molecule has 1 aliphatic rings. The molecule has 0 spiro atoms. The van der Waals surface area contributed by atoms with E-state index in [1.54, 1.807) is 0 Å². The summed E-state index contributed by atoms with van der Waals surface area (Å²) < 4.78 is 0. The molecule has 68 valence electrons. The van der Waals surface area contributed by atoms with Gasteiger partial charge in [-0.15, -0.1) is 0 Å². The molecule has 1 aromatic carbocycles. The smallest absolute Gasteiger partial charge is 0.123 e. The maximum atomic E-state index is 9.71. The predicted octanol–water partition coefficient (Wildman–Crippen LogP) is 1.36. The predicted molar refractivity (Wildman–Crippen MR) is 55.0 cm³/mol. The molecule has 0 fully saturated rings. The van der Waals surface area contributed by atoms with E-state index in [1.807, 2.05) is 13.0 Å². The van der Waals surface area contributed by atoms with E-state index >= 15 is 0 Å². The fraction of sp³-hybridized carbons (Fsp3) is 0.333. The van der Waals surface area contributed by atoms with E-state index in [2.05, 4.69) is 19.1 Å². The second-order valence-corrected chi connectivity index (χ2v) is 3.65. The monoisotopic (exact) mass is 174 g/mol. The Balaban J connectivity index is 2.95. The van der Waals surface area contributed by atoms with Crippen molar-refractivity contribution >= 4 is 12.2 Å². The Bertz CT molecular complexity index is 455. The number of rotatable bonds is 0. The summed E-state index contributed by atoms with van der Waals surface area (Å²) >= 11 is 0. The zero-order valence-electron chi connectivity index (χ0n) is 8.09. The first-order chi connectivity index (χ1) is 6.20. The number of aryl methyl sites for hydroxylation is 1. The molecule has 0 aromatic heterocycles. The second-order valence-electron chi connectivity index (χ2n) is 3.65. The molecule has 1 heteroatoms. The Labute approximate surface area is 78.0 Å². The van der Waals surface area contributed by atoms with Gasteiger partial charge in [0.25, 0.3) is 0 Å². The van der Waals surface area contributed by atoms with Crippen LogP contribution in [0.5, 0.6) is 5.75 Å². The van der Waals surface area contributed by atoms with Gasteiger partial charge >= 0.3 is 0 Å². The third-order valence-corrected chi connectivity index (χ3v) is 2.78. The van der Waals surface area contributed by atoms with Gasteiger partial charge in [0.05, 0.1) is 0 Å². The average Bonchev–Trinajstić information content (AvgIpc) is 2.15. The van der Waals surface area contributed by atoms with E-state index < -0.39 is 0 Å². The molecule has 0 unspecified atom stereocenters. The van der Waals surface area contributed by atoms with Crippen LogP contribution in [0.4, 0.5) is 0 Å². The third kappa shape index (κ3) is 1.24. The number of fused-ring (bicyclic) bond motifs is 1. The van der Waals surface area contributed by atoms with E-state index in [0.29, 0.717) is 5.75 Å². The first-order valence-electron chi connectivity index (χ1n) is 4.69. The summed E-state index contributed by atoms with van der Waals surface area (Å²) in [4.78, 5) is 0. The first-order valence-corrected chi connectivity index (χ1v) is 4.69. The molecule has 13 heavy (non-hydrogen) atoms. The highest BCUT2D eigenvalue weighted by atomic mass is 16.3. The average molecular weight is 174 g/mol. The molecule has 0 bridgehead atoms. The minimum Gasteiger partial charge on any atom is -0.507 e. The van der Waals surface area contributed by atoms with Gasteiger partial charge < -0.3 is 5.11 Å². The van der Waals surface area contributed by atoms with Crippen LogP contribution in [-0.4, -0.2) is 5.11 Å². The molecule has 0 aliphatic heterocycles. The van der Waals surface area contributed by atoms with E-state index in [-0.39, 0.29) is 0 Å². The summed E-state index contributed by atoms with van der Waals surface area (Å²) in [5.41, 5.74) is 2.46. The highest BCUT2D eigenvalue weighted by molar-refractivity contribution is 5.48. The molecule has 0 radical (unpaired) electrons. The van der Waals surface area contributed by atoms with Crippen LogP contribution in [0.25, 0.3) is 12.2 Å². The fourth-order valence-corrected chi connectivity index (χ4v) is 1.88. The van der Waals surface area contributed by atoms with Crippen molar-refractivity contribution in [1.82, 2.24) is 0 Å². The van der Waals surface area contributed by atoms with Gasteiger partial charge in [-0.3, -0.25) is 0 Å². The van der Waals surface area contributed by atoms with Crippen molar-refractivity contribution in [3.05, 3.63) is 27.6 Å². The Hall–Kier alpha value is -1.24. The number of phenolic OH excluding ortho intramolecular Hbond substituents is 1. The second kappa shape index (κ2) is 2.91. The fourth-order valence-electron chi connectivity index (χ4n) is 1.88. The van der Waals surface area contributed by atoms with E-state index in [4.69, 9.17) is 0 Å². The molecule has 1 nitrogen and oxygen atoms in total. The molecule has 0 atom stereocenters. The lowest BCUT2D eigenvalue weighted by Gasteiger charge is -2.07. The van der Waals surface area contributed by atoms with Gasteiger partial charge in [-0.25, -0.2) is 0 Å². The summed E-state index contributed by atoms with van der Waals surface area (Å²) in [6, 6.07) is 1.85. The molecule has 0 saturated carbocycles. The Morgan fingerprint density at radius 1 is 1.08 bits per heavy atom. The minimum atomic E-state index is 0.425. The molecule has 2 rings (SSSR count). The van der Waals surface area contributed by atoms with E-state index in [0.717, 1.165) is 18.1 Å². The third-order valence-electron chi connectivity index (χ3n) is 2.78. The largest absolute Gasteiger partial charge is 0.507 e. The summed E-state index contributed by atoms with van der Waals surface area (Å²) in [6.07, 6.45) is 6.48. The van der Waals surface area contributed by atoms with Gasteiger partial charge in [-0.1, -0.05) is 12.2 Å². The molecule has 1 aliphatic carbocycles. The van der Waals surface area contributed by atoms with Crippen LogP contribution in [0.2, 0.25) is 0 Å². The van der Waals surface area contributed by atoms with Crippen molar-refractivity contribution in [3.8, 4) is 5.75 Å². The van der Waals surface area contributed by atoms with Crippen molar-refractivity contribution in [2.75, 3.05) is 0 Å². The summed E-state index contributed by atoms with van der Waals surface area (Å²) in [6.45, 7) is 4.15. The lowest BCUT2D eigenvalue weighted by atomic mass is 9.99. The molecule has 1 aromatic rings. The van der Waals surface area contributed by atoms with Crippen LogP contribution < -0.4 is 10.4 Å². The van der Waals surface area contributed by atoms with Crippen LogP contribution in [-0.2, 0) is 0 Å². The summed E-state index contributed by atoms with van der Waals surface area (Å²) in [5.74, 6) is 0.425. The molecule has 0 amide bonds. The number of phenols is 1. The van der Waals surface area contributed by atoms with Gasteiger partial charge in [0.15, 0.2) is 0 Å². The van der Waals surface area contributed by atoms with Crippen molar-refractivity contribution in [3.63, 3.8) is 0 Å². The van der Waals surface area contributed by atoms with Gasteiger partial charge in [-0.05, 0) is 49.1 Å². The van der Waals surface area contributed by atoms with Crippen LogP contribution in [0.3, 0.4) is 0 Å². The van der Waals surface area contributed by atoms with Crippen LogP contribution in [0, 0.1) is 13.8 Å². The van der Waals surface area contributed by atoms with Crippen molar-refractivity contribution in [2.24, 2.45) is 0 Å². The zero-order chi connectivity index (χ0) is 9.42. The zero-order valence-corrected chi connectivity index (χ0v) is 8.09. The lowest BCUT2D eigenvalue weighted by Crippen LogP contribution is -2.30. The highest BCUT2D eigenvalue weighted by Gasteiger charge is 2.03. The molecule has 1 N–H and O–H groups in total. The first kappa shape index (κ1) is 8.36. The standard InChI is InChI=1S/C12H14O/c1-8-7-12(13)11-6-4-3-5-10(11)9(8)2/h5-7,13H,3-4H2,1-2H3. The number of aromatic hydroxyl groups is 1. The quantitative estimate of drug-likeness (QED) is 0.629. The summed E-state index contributed by atoms with van der Waals surface area (Å²) in [5, 5.41) is 12.0. The number of hydrogen-bond acceptors (Lipinski definition) is 1. The Kier molecular flexibility index (Phi) is 1.87. The van der Waals surface area contributed by atoms with Crippen LogP contribution in [0.15, 0.2) is 6.07 Å². The van der Waals surface area contributed by atoms with Gasteiger partial charge in [0, 0.05) is 5.22 Å². The van der Waals surface area contributed by atoms with Crippen LogP contribution >= 0.6 is 0 Å².